The molecular weight excluding hydrogens is 378 g/mol. The summed E-state index contributed by atoms with van der Waals surface area (Å²) in [5.41, 5.74) is 2.21. The summed E-state index contributed by atoms with van der Waals surface area (Å²) >= 11 is 9.51. The Balaban J connectivity index is 2.15. The monoisotopic (exact) mass is 397 g/mol. The Hall–Kier alpha value is -1.23. The van der Waals surface area contributed by atoms with Crippen molar-refractivity contribution in [3.63, 3.8) is 0 Å². The molecule has 0 aliphatic heterocycles. The third-order valence-electron chi connectivity index (χ3n) is 3.29. The Bertz CT molecular complexity index is 632. The van der Waals surface area contributed by atoms with E-state index in [4.69, 9.17) is 21.1 Å². The van der Waals surface area contributed by atoms with Crippen LogP contribution in [0.4, 0.5) is 0 Å². The van der Waals surface area contributed by atoms with Crippen LogP contribution in [0.1, 0.15) is 25.0 Å². The van der Waals surface area contributed by atoms with Crippen LogP contribution in [0.2, 0.25) is 5.02 Å². The summed E-state index contributed by atoms with van der Waals surface area (Å²) in [6, 6.07) is 11.6. The Kier molecular flexibility index (Phi) is 7.21. The lowest BCUT2D eigenvalue weighted by atomic mass is 10.2. The standard InChI is InChI=1S/C18H21BrClNO2/c1-3-21-11-14-9-17(22-4-2)18(10-16(14)19)23-12-13-5-7-15(20)8-6-13/h5-10,21H,3-4,11-12H2,1-2H3. The van der Waals surface area contributed by atoms with E-state index < -0.39 is 0 Å². The van der Waals surface area contributed by atoms with Gasteiger partial charge in [-0.2, -0.15) is 0 Å². The molecule has 2 aromatic carbocycles. The van der Waals surface area contributed by atoms with Crippen LogP contribution in [0.5, 0.6) is 11.5 Å². The number of hydrogen-bond donors (Lipinski definition) is 1. The Labute approximate surface area is 151 Å². The maximum absolute atomic E-state index is 5.94. The van der Waals surface area contributed by atoms with Crippen molar-refractivity contribution in [2.24, 2.45) is 0 Å². The molecule has 0 aliphatic rings. The molecule has 0 saturated carbocycles. The maximum atomic E-state index is 5.94. The van der Waals surface area contributed by atoms with Crippen LogP contribution in [0.15, 0.2) is 40.9 Å². The Morgan fingerprint density at radius 3 is 2.39 bits per heavy atom. The highest BCUT2D eigenvalue weighted by molar-refractivity contribution is 9.10. The summed E-state index contributed by atoms with van der Waals surface area (Å²) in [5, 5.41) is 4.04. The van der Waals surface area contributed by atoms with Gasteiger partial charge in [0.15, 0.2) is 11.5 Å². The number of benzene rings is 2. The van der Waals surface area contributed by atoms with E-state index in [1.165, 1.54) is 0 Å². The second-order valence-corrected chi connectivity index (χ2v) is 6.31. The van der Waals surface area contributed by atoms with Gasteiger partial charge in [-0.3, -0.25) is 0 Å². The predicted molar refractivity (Wildman–Crippen MR) is 98.5 cm³/mol. The molecule has 0 fully saturated rings. The lowest BCUT2D eigenvalue weighted by Crippen LogP contribution is -2.12. The van der Waals surface area contributed by atoms with Crippen molar-refractivity contribution in [3.8, 4) is 11.5 Å². The van der Waals surface area contributed by atoms with Gasteiger partial charge in [0.2, 0.25) is 0 Å². The number of nitrogens with one attached hydrogen (secondary N) is 1. The third kappa shape index (κ3) is 5.41. The van der Waals surface area contributed by atoms with E-state index >= 15 is 0 Å². The number of hydrogen-bond acceptors (Lipinski definition) is 3. The van der Waals surface area contributed by atoms with Gasteiger partial charge in [-0.25, -0.2) is 0 Å². The van der Waals surface area contributed by atoms with Crippen LogP contribution in [0.25, 0.3) is 0 Å². The van der Waals surface area contributed by atoms with E-state index in [0.29, 0.717) is 13.2 Å². The zero-order valence-corrected chi connectivity index (χ0v) is 15.7. The van der Waals surface area contributed by atoms with Gasteiger partial charge in [0.1, 0.15) is 6.61 Å². The number of rotatable bonds is 8. The summed E-state index contributed by atoms with van der Waals surface area (Å²) in [6.45, 7) is 6.83. The topological polar surface area (TPSA) is 30.5 Å². The molecule has 0 aromatic heterocycles. The largest absolute Gasteiger partial charge is 0.490 e. The normalized spacial score (nSPS) is 10.6. The zero-order valence-electron chi connectivity index (χ0n) is 13.4. The smallest absolute Gasteiger partial charge is 0.162 e. The van der Waals surface area contributed by atoms with Crippen molar-refractivity contribution in [1.29, 1.82) is 0 Å². The Morgan fingerprint density at radius 1 is 1.04 bits per heavy atom. The zero-order chi connectivity index (χ0) is 16.7. The molecule has 0 aliphatic carbocycles. The highest BCUT2D eigenvalue weighted by Crippen LogP contribution is 2.34. The first-order valence-corrected chi connectivity index (χ1v) is 8.84. The van der Waals surface area contributed by atoms with E-state index in [1.54, 1.807) is 0 Å². The minimum absolute atomic E-state index is 0.468. The summed E-state index contributed by atoms with van der Waals surface area (Å²) in [5.74, 6) is 1.49. The highest BCUT2D eigenvalue weighted by Gasteiger charge is 2.11. The summed E-state index contributed by atoms with van der Waals surface area (Å²) in [4.78, 5) is 0. The minimum Gasteiger partial charge on any atom is -0.490 e. The quantitative estimate of drug-likeness (QED) is 0.664. The van der Waals surface area contributed by atoms with E-state index in [-0.39, 0.29) is 0 Å². The van der Waals surface area contributed by atoms with Gasteiger partial charge in [0.25, 0.3) is 0 Å². The van der Waals surface area contributed by atoms with Crippen molar-refractivity contribution in [1.82, 2.24) is 5.32 Å². The SMILES string of the molecule is CCNCc1cc(OCC)c(OCc2ccc(Cl)cc2)cc1Br. The lowest BCUT2D eigenvalue weighted by Gasteiger charge is -2.15. The molecule has 0 unspecified atom stereocenters. The molecule has 0 heterocycles. The number of ether oxygens (including phenoxy) is 2. The summed E-state index contributed by atoms with van der Waals surface area (Å²) < 4.78 is 12.7. The van der Waals surface area contributed by atoms with Crippen LogP contribution in [-0.4, -0.2) is 13.2 Å². The molecule has 124 valence electrons. The van der Waals surface area contributed by atoms with Crippen molar-refractivity contribution in [2.75, 3.05) is 13.2 Å². The molecule has 5 heteroatoms. The van der Waals surface area contributed by atoms with Gasteiger partial charge in [0, 0.05) is 16.0 Å². The van der Waals surface area contributed by atoms with Crippen LogP contribution in [-0.2, 0) is 13.2 Å². The average Bonchev–Trinajstić information content (AvgIpc) is 2.55. The molecule has 0 bridgehead atoms. The lowest BCUT2D eigenvalue weighted by molar-refractivity contribution is 0.269. The van der Waals surface area contributed by atoms with Crippen LogP contribution in [0, 0.1) is 0 Å². The average molecular weight is 399 g/mol. The fourth-order valence-electron chi connectivity index (χ4n) is 2.10. The van der Waals surface area contributed by atoms with E-state index in [2.05, 4.69) is 28.2 Å². The molecule has 0 saturated heterocycles. The summed E-state index contributed by atoms with van der Waals surface area (Å²) in [6.07, 6.45) is 0. The third-order valence-corrected chi connectivity index (χ3v) is 4.28. The van der Waals surface area contributed by atoms with Crippen molar-refractivity contribution in [2.45, 2.75) is 27.0 Å². The van der Waals surface area contributed by atoms with Crippen LogP contribution in [0.3, 0.4) is 0 Å². The van der Waals surface area contributed by atoms with Crippen molar-refractivity contribution >= 4 is 27.5 Å². The first-order chi connectivity index (χ1) is 11.1. The number of halogens is 2. The van der Waals surface area contributed by atoms with E-state index in [9.17, 15) is 0 Å². The Morgan fingerprint density at radius 2 is 1.74 bits per heavy atom. The molecule has 0 atom stereocenters. The van der Waals surface area contributed by atoms with Gasteiger partial charge < -0.3 is 14.8 Å². The first kappa shape index (κ1) is 18.1. The predicted octanol–water partition coefficient (Wildman–Crippen LogP) is 5.19. The molecular formula is C18H21BrClNO2. The molecule has 0 radical (unpaired) electrons. The molecule has 0 spiro atoms. The van der Waals surface area contributed by atoms with Gasteiger partial charge >= 0.3 is 0 Å². The van der Waals surface area contributed by atoms with Gasteiger partial charge in [-0.15, -0.1) is 0 Å². The molecule has 2 aromatic rings. The van der Waals surface area contributed by atoms with Crippen molar-refractivity contribution < 1.29 is 9.47 Å². The second-order valence-electron chi connectivity index (χ2n) is 5.02. The molecule has 0 amide bonds. The summed E-state index contributed by atoms with van der Waals surface area (Å²) in [7, 11) is 0. The van der Waals surface area contributed by atoms with Crippen molar-refractivity contribution in [3.05, 3.63) is 57.0 Å². The fourth-order valence-corrected chi connectivity index (χ4v) is 2.68. The van der Waals surface area contributed by atoms with Gasteiger partial charge in [-0.05, 0) is 48.9 Å². The van der Waals surface area contributed by atoms with Crippen LogP contribution < -0.4 is 14.8 Å². The molecule has 2 rings (SSSR count). The highest BCUT2D eigenvalue weighted by atomic mass is 79.9. The van der Waals surface area contributed by atoms with Gasteiger partial charge in [-0.1, -0.05) is 46.6 Å². The molecule has 3 nitrogen and oxygen atoms in total. The molecule has 1 N–H and O–H groups in total. The van der Waals surface area contributed by atoms with Crippen LogP contribution >= 0.6 is 27.5 Å². The van der Waals surface area contributed by atoms with E-state index in [1.807, 2.05) is 43.3 Å². The fraction of sp³-hybridized carbons (Fsp3) is 0.333. The molecule has 23 heavy (non-hydrogen) atoms. The van der Waals surface area contributed by atoms with Gasteiger partial charge in [0.05, 0.1) is 6.61 Å². The maximum Gasteiger partial charge on any atom is 0.162 e. The van der Waals surface area contributed by atoms with E-state index in [0.717, 1.165) is 45.2 Å². The second kappa shape index (κ2) is 9.16. The first-order valence-electron chi connectivity index (χ1n) is 7.67. The minimum atomic E-state index is 0.468.